The van der Waals surface area contributed by atoms with Gasteiger partial charge in [0.2, 0.25) is 4.96 Å². The molecule has 0 N–H and O–H groups in total. The molecular weight excluding hydrogens is 362 g/mol. The molecule has 2 aromatic heterocycles. The molecule has 0 amide bonds. The summed E-state index contributed by atoms with van der Waals surface area (Å²) in [6.45, 7) is 2.00. The zero-order valence-corrected chi connectivity index (χ0v) is 15.9. The maximum absolute atomic E-state index is 12.8. The second-order valence-electron chi connectivity index (χ2n) is 5.97. The van der Waals surface area contributed by atoms with Gasteiger partial charge in [-0.3, -0.25) is 4.79 Å². The van der Waals surface area contributed by atoms with E-state index in [9.17, 15) is 4.79 Å². The molecule has 0 saturated heterocycles. The molecule has 0 aliphatic rings. The molecule has 27 heavy (non-hydrogen) atoms. The molecule has 0 atom stereocenters. The SMILES string of the molecule is COc1ccc(/C=c2\sc3nc(-c4ccccc4C)nn3c2=O)c(OC)c1. The van der Waals surface area contributed by atoms with Crippen molar-refractivity contribution in [1.82, 2.24) is 14.6 Å². The number of fused-ring (bicyclic) bond motifs is 1. The standard InChI is InChI=1S/C20H17N3O3S/c1-12-6-4-5-7-15(12)18-21-20-23(22-18)19(24)17(27-20)10-13-8-9-14(25-2)11-16(13)26-3/h4-11H,1-3H3/b17-10-. The van der Waals surface area contributed by atoms with Gasteiger partial charge in [0, 0.05) is 17.2 Å². The predicted molar refractivity (Wildman–Crippen MR) is 106 cm³/mol. The van der Waals surface area contributed by atoms with Crippen LogP contribution in [0.1, 0.15) is 11.1 Å². The fourth-order valence-corrected chi connectivity index (χ4v) is 3.75. The Balaban J connectivity index is 1.82. The van der Waals surface area contributed by atoms with Gasteiger partial charge < -0.3 is 9.47 Å². The van der Waals surface area contributed by atoms with Crippen LogP contribution in [-0.2, 0) is 0 Å². The van der Waals surface area contributed by atoms with Crippen LogP contribution in [0.4, 0.5) is 0 Å². The third-order valence-corrected chi connectivity index (χ3v) is 5.25. The Morgan fingerprint density at radius 3 is 2.63 bits per heavy atom. The Morgan fingerprint density at radius 1 is 1.11 bits per heavy atom. The van der Waals surface area contributed by atoms with Crippen LogP contribution in [0.15, 0.2) is 47.3 Å². The Bertz CT molecular complexity index is 1240. The summed E-state index contributed by atoms with van der Waals surface area (Å²) in [5.41, 5.74) is 2.59. The number of thiazole rings is 1. The van der Waals surface area contributed by atoms with Crippen LogP contribution in [0.5, 0.6) is 11.5 Å². The second kappa shape index (κ2) is 6.85. The summed E-state index contributed by atoms with van der Waals surface area (Å²) in [6.07, 6.45) is 1.79. The van der Waals surface area contributed by atoms with Crippen molar-refractivity contribution in [3.05, 3.63) is 68.5 Å². The van der Waals surface area contributed by atoms with Crippen LogP contribution in [0.3, 0.4) is 0 Å². The van der Waals surface area contributed by atoms with E-state index >= 15 is 0 Å². The highest BCUT2D eigenvalue weighted by atomic mass is 32.1. The Morgan fingerprint density at radius 2 is 1.93 bits per heavy atom. The first-order valence-corrected chi connectivity index (χ1v) is 9.11. The molecular formula is C20H17N3O3S. The van der Waals surface area contributed by atoms with Crippen molar-refractivity contribution in [2.24, 2.45) is 0 Å². The van der Waals surface area contributed by atoms with Crippen molar-refractivity contribution in [1.29, 1.82) is 0 Å². The van der Waals surface area contributed by atoms with Crippen molar-refractivity contribution < 1.29 is 9.47 Å². The third-order valence-electron chi connectivity index (χ3n) is 4.30. The summed E-state index contributed by atoms with van der Waals surface area (Å²) in [5.74, 6) is 1.88. The summed E-state index contributed by atoms with van der Waals surface area (Å²) < 4.78 is 12.5. The highest BCUT2D eigenvalue weighted by Crippen LogP contribution is 2.25. The molecule has 0 aliphatic carbocycles. The molecule has 0 spiro atoms. The van der Waals surface area contributed by atoms with Crippen LogP contribution in [0.25, 0.3) is 22.4 Å². The lowest BCUT2D eigenvalue weighted by molar-refractivity contribution is 0.393. The van der Waals surface area contributed by atoms with Gasteiger partial charge >= 0.3 is 0 Å². The number of ether oxygens (including phenoxy) is 2. The third kappa shape index (κ3) is 3.06. The molecule has 0 aliphatic heterocycles. The number of methoxy groups -OCH3 is 2. The number of hydrogen-bond donors (Lipinski definition) is 0. The van der Waals surface area contributed by atoms with Gasteiger partial charge in [-0.05, 0) is 30.7 Å². The summed E-state index contributed by atoms with van der Waals surface area (Å²) in [5, 5.41) is 4.41. The van der Waals surface area contributed by atoms with Crippen molar-refractivity contribution in [2.45, 2.75) is 6.92 Å². The summed E-state index contributed by atoms with van der Waals surface area (Å²) in [4.78, 5) is 17.9. The molecule has 2 aromatic carbocycles. The van der Waals surface area contributed by atoms with Crippen molar-refractivity contribution in [2.75, 3.05) is 14.2 Å². The quantitative estimate of drug-likeness (QED) is 0.545. The van der Waals surface area contributed by atoms with E-state index in [0.717, 1.165) is 16.7 Å². The fourth-order valence-electron chi connectivity index (χ4n) is 2.85. The molecule has 0 fully saturated rings. The number of aromatic nitrogens is 3. The monoisotopic (exact) mass is 379 g/mol. The second-order valence-corrected chi connectivity index (χ2v) is 6.98. The number of nitrogens with zero attached hydrogens (tertiary/aromatic N) is 3. The summed E-state index contributed by atoms with van der Waals surface area (Å²) >= 11 is 1.30. The van der Waals surface area contributed by atoms with E-state index < -0.39 is 0 Å². The predicted octanol–water partition coefficient (Wildman–Crippen LogP) is 2.69. The lowest BCUT2D eigenvalue weighted by Crippen LogP contribution is -2.23. The minimum absolute atomic E-state index is 0.194. The average molecular weight is 379 g/mol. The van der Waals surface area contributed by atoms with Gasteiger partial charge in [-0.25, -0.2) is 0 Å². The molecule has 0 saturated carbocycles. The van der Waals surface area contributed by atoms with E-state index in [1.165, 1.54) is 15.9 Å². The largest absolute Gasteiger partial charge is 0.497 e. The van der Waals surface area contributed by atoms with Gasteiger partial charge in [-0.1, -0.05) is 35.6 Å². The molecule has 4 rings (SSSR count). The van der Waals surface area contributed by atoms with E-state index in [4.69, 9.17) is 9.47 Å². The smallest absolute Gasteiger partial charge is 0.291 e. The number of rotatable bonds is 4. The number of hydrogen-bond acceptors (Lipinski definition) is 6. The molecule has 0 radical (unpaired) electrons. The molecule has 136 valence electrons. The van der Waals surface area contributed by atoms with Crippen LogP contribution in [-0.4, -0.2) is 28.8 Å². The first-order valence-electron chi connectivity index (χ1n) is 8.30. The van der Waals surface area contributed by atoms with Crippen LogP contribution in [0, 0.1) is 6.92 Å². The van der Waals surface area contributed by atoms with E-state index in [2.05, 4.69) is 10.1 Å². The van der Waals surface area contributed by atoms with Crippen LogP contribution in [0.2, 0.25) is 0 Å². The topological polar surface area (TPSA) is 65.7 Å². The summed E-state index contributed by atoms with van der Waals surface area (Å²) in [6, 6.07) is 13.3. The molecule has 6 nitrogen and oxygen atoms in total. The molecule has 2 heterocycles. The van der Waals surface area contributed by atoms with E-state index in [-0.39, 0.29) is 5.56 Å². The first kappa shape index (κ1) is 17.2. The molecule has 7 heteroatoms. The van der Waals surface area contributed by atoms with Crippen molar-refractivity contribution in [3.8, 4) is 22.9 Å². The van der Waals surface area contributed by atoms with Crippen molar-refractivity contribution in [3.63, 3.8) is 0 Å². The van der Waals surface area contributed by atoms with Gasteiger partial charge in [0.15, 0.2) is 5.82 Å². The van der Waals surface area contributed by atoms with Crippen LogP contribution < -0.4 is 19.6 Å². The first-order chi connectivity index (χ1) is 13.1. The Labute approximate surface area is 159 Å². The van der Waals surface area contributed by atoms with E-state index in [1.54, 1.807) is 26.4 Å². The number of benzene rings is 2. The molecule has 0 bridgehead atoms. The van der Waals surface area contributed by atoms with Gasteiger partial charge in [0.05, 0.1) is 18.8 Å². The van der Waals surface area contributed by atoms with Gasteiger partial charge in [-0.2, -0.15) is 9.50 Å². The van der Waals surface area contributed by atoms with E-state index in [1.807, 2.05) is 43.3 Å². The minimum atomic E-state index is -0.194. The zero-order chi connectivity index (χ0) is 19.0. The highest BCUT2D eigenvalue weighted by Gasteiger charge is 2.13. The fraction of sp³-hybridized carbons (Fsp3) is 0.150. The highest BCUT2D eigenvalue weighted by molar-refractivity contribution is 7.15. The lowest BCUT2D eigenvalue weighted by Gasteiger charge is -2.06. The van der Waals surface area contributed by atoms with E-state index in [0.29, 0.717) is 26.8 Å². The van der Waals surface area contributed by atoms with Gasteiger partial charge in [0.1, 0.15) is 11.5 Å². The Kier molecular flexibility index (Phi) is 4.37. The summed E-state index contributed by atoms with van der Waals surface area (Å²) in [7, 11) is 3.18. The normalized spacial score (nSPS) is 11.9. The van der Waals surface area contributed by atoms with Gasteiger partial charge in [0.25, 0.3) is 5.56 Å². The molecule has 0 unspecified atom stereocenters. The van der Waals surface area contributed by atoms with Crippen LogP contribution >= 0.6 is 11.3 Å². The van der Waals surface area contributed by atoms with Crippen molar-refractivity contribution >= 4 is 22.4 Å². The van der Waals surface area contributed by atoms with Gasteiger partial charge in [-0.15, -0.1) is 5.10 Å². The Hall–Kier alpha value is -3.19. The number of aryl methyl sites for hydroxylation is 1. The molecule has 4 aromatic rings. The minimum Gasteiger partial charge on any atom is -0.497 e. The zero-order valence-electron chi connectivity index (χ0n) is 15.1. The average Bonchev–Trinajstić information content (AvgIpc) is 3.22. The maximum atomic E-state index is 12.8. The maximum Gasteiger partial charge on any atom is 0.291 e. The lowest BCUT2D eigenvalue weighted by atomic mass is 10.1.